The normalized spacial score (nSPS) is 22.2. The number of benzene rings is 3. The van der Waals surface area contributed by atoms with Gasteiger partial charge in [-0.25, -0.2) is 26.0 Å². The maximum atomic E-state index is 13.8. The van der Waals surface area contributed by atoms with Crippen LogP contribution >= 0.6 is 11.6 Å². The molecule has 0 heterocycles. The highest BCUT2D eigenvalue weighted by atomic mass is 35.5. The Balaban J connectivity index is 1.27. The molecule has 41 heavy (non-hydrogen) atoms. The van der Waals surface area contributed by atoms with Crippen LogP contribution in [0.1, 0.15) is 41.6 Å². The van der Waals surface area contributed by atoms with E-state index in [-0.39, 0.29) is 51.3 Å². The lowest BCUT2D eigenvalue weighted by atomic mass is 9.81. The van der Waals surface area contributed by atoms with E-state index in [1.165, 1.54) is 24.3 Å². The first kappa shape index (κ1) is 29.1. The summed E-state index contributed by atoms with van der Waals surface area (Å²) in [6.45, 7) is 0.181. The zero-order valence-electron chi connectivity index (χ0n) is 21.5. The van der Waals surface area contributed by atoms with Gasteiger partial charge < -0.3 is 10.2 Å². The number of carbonyl (C=O) groups is 1. The van der Waals surface area contributed by atoms with Crippen molar-refractivity contribution < 1.29 is 35.6 Å². The van der Waals surface area contributed by atoms with Crippen LogP contribution in [0.2, 0.25) is 5.02 Å². The molecule has 2 atom stereocenters. The number of nitrogens with zero attached hydrogens (tertiary/aromatic N) is 1. The van der Waals surface area contributed by atoms with Crippen LogP contribution in [-0.4, -0.2) is 25.8 Å². The van der Waals surface area contributed by atoms with Gasteiger partial charge in [-0.15, -0.1) is 0 Å². The molecule has 216 valence electrons. The maximum absolute atomic E-state index is 13.8. The van der Waals surface area contributed by atoms with Gasteiger partial charge in [-0.2, -0.15) is 0 Å². The van der Waals surface area contributed by atoms with Crippen LogP contribution in [0.5, 0.6) is 0 Å². The van der Waals surface area contributed by atoms with Gasteiger partial charge in [-0.05, 0) is 79.3 Å². The van der Waals surface area contributed by atoms with Crippen LogP contribution in [0.3, 0.4) is 0 Å². The number of hydrogen-bond donors (Lipinski definition) is 1. The lowest BCUT2D eigenvalue weighted by molar-refractivity contribution is 0.102. The fourth-order valence-corrected chi connectivity index (χ4v) is 8.68. The monoisotopic (exact) mass is 608 g/mol. The molecule has 0 saturated heterocycles. The molecule has 0 aliphatic heterocycles. The minimum absolute atomic E-state index is 0.0243. The zero-order valence-corrected chi connectivity index (χ0v) is 23.1. The van der Waals surface area contributed by atoms with Gasteiger partial charge in [-0.3, -0.25) is 4.79 Å². The molecule has 3 aromatic carbocycles. The summed E-state index contributed by atoms with van der Waals surface area (Å²) in [5.41, 5.74) is 0.346. The molecule has 1 N–H and O–H groups in total. The molecule has 0 radical (unpaired) electrons. The van der Waals surface area contributed by atoms with Crippen molar-refractivity contribution in [2.24, 2.45) is 22.9 Å². The summed E-state index contributed by atoms with van der Waals surface area (Å²) in [6, 6.07) is 10.9. The predicted molar refractivity (Wildman–Crippen MR) is 145 cm³/mol. The molecule has 6 nitrogen and oxygen atoms in total. The standard InChI is InChI=1S/C29H25ClF4N2O4S/c30-23-8-5-20(29(37)36-22-12-24(32)27(34)25(33)13-22)11-26(23)41(38,39)28-18-3-4-19(28)10-17(9-18)14-35-40-15-16-1-6-21(31)7-2-16/h1-2,5-8,11-14,17-19,28H,3-4,9-10,15H2,(H,36,37)/b35-14+. The number of oxime groups is 1. The Kier molecular flexibility index (Phi) is 8.37. The van der Waals surface area contributed by atoms with E-state index in [2.05, 4.69) is 10.5 Å². The average Bonchev–Trinajstić information content (AvgIpc) is 3.22. The number of anilines is 1. The number of nitrogens with one attached hydrogen (secondary N) is 1. The number of amides is 1. The molecule has 5 rings (SSSR count). The van der Waals surface area contributed by atoms with Crippen LogP contribution < -0.4 is 5.32 Å². The fraction of sp³-hybridized carbons (Fsp3) is 0.310. The van der Waals surface area contributed by atoms with E-state index in [0.29, 0.717) is 25.0 Å². The van der Waals surface area contributed by atoms with Gasteiger partial charge in [0.1, 0.15) is 12.4 Å². The van der Waals surface area contributed by atoms with Crippen molar-refractivity contribution in [2.75, 3.05) is 5.32 Å². The highest BCUT2D eigenvalue weighted by Crippen LogP contribution is 2.49. The summed E-state index contributed by atoms with van der Waals surface area (Å²) in [4.78, 5) is 17.9. The molecule has 1 amide bonds. The van der Waals surface area contributed by atoms with Gasteiger partial charge >= 0.3 is 0 Å². The Bertz CT molecular complexity index is 1560. The molecular formula is C29H25ClF4N2O4S. The van der Waals surface area contributed by atoms with Crippen molar-refractivity contribution in [3.05, 3.63) is 94.0 Å². The average molecular weight is 609 g/mol. The van der Waals surface area contributed by atoms with E-state index in [1.54, 1.807) is 18.3 Å². The largest absolute Gasteiger partial charge is 0.391 e. The topological polar surface area (TPSA) is 84.8 Å². The van der Waals surface area contributed by atoms with E-state index in [4.69, 9.17) is 16.4 Å². The van der Waals surface area contributed by atoms with Gasteiger partial charge in [0, 0.05) is 29.6 Å². The molecule has 2 fully saturated rings. The van der Waals surface area contributed by atoms with Crippen LogP contribution in [-0.2, 0) is 21.3 Å². The number of fused-ring (bicyclic) bond motifs is 2. The van der Waals surface area contributed by atoms with Gasteiger partial charge in [-0.1, -0.05) is 28.9 Å². The molecule has 0 spiro atoms. The lowest BCUT2D eigenvalue weighted by Gasteiger charge is -2.33. The molecule has 2 bridgehead atoms. The first-order valence-electron chi connectivity index (χ1n) is 12.9. The maximum Gasteiger partial charge on any atom is 0.255 e. The van der Waals surface area contributed by atoms with Crippen molar-refractivity contribution in [2.45, 2.75) is 42.4 Å². The highest BCUT2D eigenvalue weighted by molar-refractivity contribution is 7.92. The fourth-order valence-electron chi connectivity index (χ4n) is 5.81. The second-order valence-electron chi connectivity index (χ2n) is 10.3. The Morgan fingerprint density at radius 2 is 1.61 bits per heavy atom. The SMILES string of the molecule is O=C(Nc1cc(F)c(F)c(F)c1)c1ccc(Cl)c(S(=O)(=O)C2C3CCC2CC(/C=N/OCc2ccc(F)cc2)C3)c1. The van der Waals surface area contributed by atoms with Crippen LogP contribution in [0.25, 0.3) is 0 Å². The van der Waals surface area contributed by atoms with Crippen molar-refractivity contribution >= 4 is 39.2 Å². The van der Waals surface area contributed by atoms with E-state index in [9.17, 15) is 30.8 Å². The summed E-state index contributed by atoms with van der Waals surface area (Å²) in [5.74, 6) is -6.07. The lowest BCUT2D eigenvalue weighted by Crippen LogP contribution is -2.38. The first-order chi connectivity index (χ1) is 19.5. The number of hydrogen-bond acceptors (Lipinski definition) is 5. The molecule has 2 aliphatic rings. The summed E-state index contributed by atoms with van der Waals surface area (Å²) < 4.78 is 81.1. The molecule has 2 aliphatic carbocycles. The third-order valence-electron chi connectivity index (χ3n) is 7.64. The van der Waals surface area contributed by atoms with Gasteiger partial charge in [0.2, 0.25) is 0 Å². The van der Waals surface area contributed by atoms with Crippen LogP contribution in [0.15, 0.2) is 64.6 Å². The van der Waals surface area contributed by atoms with Crippen molar-refractivity contribution in [1.29, 1.82) is 0 Å². The first-order valence-corrected chi connectivity index (χ1v) is 14.8. The number of halogens is 5. The van der Waals surface area contributed by atoms with Gasteiger partial charge in [0.05, 0.1) is 15.2 Å². The number of sulfone groups is 1. The number of carbonyl (C=O) groups excluding carboxylic acids is 1. The van der Waals surface area contributed by atoms with Crippen LogP contribution in [0, 0.1) is 41.0 Å². The summed E-state index contributed by atoms with van der Waals surface area (Å²) in [6.07, 6.45) is 4.30. The van der Waals surface area contributed by atoms with E-state index >= 15 is 0 Å². The Morgan fingerprint density at radius 3 is 2.24 bits per heavy atom. The van der Waals surface area contributed by atoms with Crippen molar-refractivity contribution in [3.63, 3.8) is 0 Å². The number of rotatable bonds is 8. The smallest absolute Gasteiger partial charge is 0.255 e. The molecular weight excluding hydrogens is 584 g/mol. The molecule has 2 unspecified atom stereocenters. The van der Waals surface area contributed by atoms with E-state index < -0.39 is 38.4 Å². The molecule has 12 heteroatoms. The van der Waals surface area contributed by atoms with Crippen LogP contribution in [0.4, 0.5) is 23.2 Å². The summed E-state index contributed by atoms with van der Waals surface area (Å²) in [7, 11) is -3.95. The van der Waals surface area contributed by atoms with Crippen molar-refractivity contribution in [3.8, 4) is 0 Å². The third kappa shape index (κ3) is 6.25. The van der Waals surface area contributed by atoms with E-state index in [0.717, 1.165) is 24.5 Å². The van der Waals surface area contributed by atoms with Gasteiger partial charge in [0.15, 0.2) is 27.3 Å². The van der Waals surface area contributed by atoms with E-state index in [1.807, 2.05) is 0 Å². The zero-order chi connectivity index (χ0) is 29.3. The summed E-state index contributed by atoms with van der Waals surface area (Å²) in [5, 5.41) is 5.56. The minimum Gasteiger partial charge on any atom is -0.391 e. The molecule has 2 saturated carbocycles. The Morgan fingerprint density at radius 1 is 0.976 bits per heavy atom. The molecule has 3 aromatic rings. The summed E-state index contributed by atoms with van der Waals surface area (Å²) >= 11 is 6.30. The van der Waals surface area contributed by atoms with Gasteiger partial charge in [0.25, 0.3) is 5.91 Å². The third-order valence-corrected chi connectivity index (χ3v) is 10.5. The van der Waals surface area contributed by atoms with Crippen molar-refractivity contribution in [1.82, 2.24) is 0 Å². The second-order valence-corrected chi connectivity index (χ2v) is 12.8. The quantitative estimate of drug-likeness (QED) is 0.130. The Labute approximate surface area is 239 Å². The minimum atomic E-state index is -3.95. The Hall–Kier alpha value is -3.44. The second kappa shape index (κ2) is 11.8. The predicted octanol–water partition coefficient (Wildman–Crippen LogP) is 6.93. The highest BCUT2D eigenvalue weighted by Gasteiger charge is 2.49. The molecule has 0 aromatic heterocycles.